The molecule has 1 aromatic rings. The Morgan fingerprint density at radius 3 is 2.79 bits per heavy atom. The molecule has 1 rings (SSSR count). The minimum atomic E-state index is -0.0341. The summed E-state index contributed by atoms with van der Waals surface area (Å²) >= 11 is 1.47. The zero-order valence-corrected chi connectivity index (χ0v) is 12.9. The van der Waals surface area contributed by atoms with Gasteiger partial charge in [0, 0.05) is 11.9 Å². The molecule has 0 fully saturated rings. The molecule has 1 aromatic heterocycles. The summed E-state index contributed by atoms with van der Waals surface area (Å²) in [7, 11) is 0. The highest BCUT2D eigenvalue weighted by atomic mass is 32.1. The largest absolute Gasteiger partial charge is 0.352 e. The summed E-state index contributed by atoms with van der Waals surface area (Å²) in [5.74, 6) is 6.10. The van der Waals surface area contributed by atoms with Gasteiger partial charge in [-0.1, -0.05) is 39.5 Å². The third-order valence-electron chi connectivity index (χ3n) is 3.22. The molecule has 1 atom stereocenters. The van der Waals surface area contributed by atoms with Crippen molar-refractivity contribution in [3.05, 3.63) is 21.9 Å². The topological polar surface area (TPSA) is 55.1 Å². The number of hydrogen-bond acceptors (Lipinski definition) is 3. The molecule has 1 unspecified atom stereocenters. The fourth-order valence-electron chi connectivity index (χ4n) is 1.31. The Labute approximate surface area is 119 Å². The maximum atomic E-state index is 12.0. The van der Waals surface area contributed by atoms with Gasteiger partial charge in [-0.2, -0.15) is 0 Å². The Morgan fingerprint density at radius 2 is 2.21 bits per heavy atom. The van der Waals surface area contributed by atoms with Gasteiger partial charge in [-0.3, -0.25) is 4.79 Å². The third kappa shape index (κ3) is 5.06. The molecule has 0 radical (unpaired) electrons. The lowest BCUT2D eigenvalue weighted by atomic mass is 9.82. The molecule has 3 nitrogen and oxygen atoms in total. The Bertz CT molecular complexity index is 488. The molecule has 104 valence electrons. The van der Waals surface area contributed by atoms with Crippen LogP contribution in [-0.4, -0.2) is 19.0 Å². The number of thiophene rings is 1. The highest BCUT2D eigenvalue weighted by Crippen LogP contribution is 2.24. The van der Waals surface area contributed by atoms with E-state index in [4.69, 9.17) is 5.73 Å². The number of carbonyl (C=O) groups is 1. The van der Waals surface area contributed by atoms with E-state index in [9.17, 15) is 4.79 Å². The van der Waals surface area contributed by atoms with Gasteiger partial charge in [-0.25, -0.2) is 0 Å². The van der Waals surface area contributed by atoms with E-state index in [-0.39, 0.29) is 11.3 Å². The molecule has 0 aliphatic carbocycles. The predicted molar refractivity (Wildman–Crippen MR) is 81.2 cm³/mol. The maximum absolute atomic E-state index is 12.0. The van der Waals surface area contributed by atoms with E-state index in [1.165, 1.54) is 11.3 Å². The van der Waals surface area contributed by atoms with Crippen LogP contribution in [0.1, 0.15) is 42.9 Å². The molecular formula is C15H22N2OS. The number of nitrogens with two attached hydrogens (primary N) is 1. The first-order valence-electron chi connectivity index (χ1n) is 6.40. The summed E-state index contributed by atoms with van der Waals surface area (Å²) in [5.41, 5.74) is 6.18. The zero-order valence-electron chi connectivity index (χ0n) is 12.0. The van der Waals surface area contributed by atoms with Gasteiger partial charge >= 0.3 is 0 Å². The fourth-order valence-corrected chi connectivity index (χ4v) is 2.07. The van der Waals surface area contributed by atoms with Crippen molar-refractivity contribution in [1.82, 2.24) is 5.32 Å². The van der Waals surface area contributed by atoms with E-state index >= 15 is 0 Å². The number of nitrogens with one attached hydrogen (secondary N) is 1. The number of amides is 1. The molecule has 0 saturated heterocycles. The molecule has 0 aliphatic rings. The Kier molecular flexibility index (Phi) is 5.59. The first-order chi connectivity index (χ1) is 8.84. The number of rotatable bonds is 3. The van der Waals surface area contributed by atoms with Gasteiger partial charge in [0.2, 0.25) is 0 Å². The average molecular weight is 278 g/mol. The number of hydrogen-bond donors (Lipinski definition) is 2. The maximum Gasteiger partial charge on any atom is 0.252 e. The molecule has 4 heteroatoms. The molecule has 19 heavy (non-hydrogen) atoms. The minimum Gasteiger partial charge on any atom is -0.352 e. The van der Waals surface area contributed by atoms with Gasteiger partial charge in [0.15, 0.2) is 0 Å². The molecule has 0 aromatic carbocycles. The van der Waals surface area contributed by atoms with E-state index < -0.39 is 0 Å². The second kappa shape index (κ2) is 6.74. The van der Waals surface area contributed by atoms with Crippen molar-refractivity contribution in [1.29, 1.82) is 0 Å². The molecule has 0 bridgehead atoms. The molecular weight excluding hydrogens is 256 g/mol. The lowest BCUT2D eigenvalue weighted by molar-refractivity contribution is 0.0937. The smallest absolute Gasteiger partial charge is 0.252 e. The van der Waals surface area contributed by atoms with Gasteiger partial charge in [-0.05, 0) is 17.4 Å². The highest BCUT2D eigenvalue weighted by Gasteiger charge is 2.20. The summed E-state index contributed by atoms with van der Waals surface area (Å²) in [6.07, 6.45) is 0. The fraction of sp³-hybridized carbons (Fsp3) is 0.533. The van der Waals surface area contributed by atoms with E-state index in [0.29, 0.717) is 24.6 Å². The van der Waals surface area contributed by atoms with Crippen LogP contribution in [0.15, 0.2) is 11.4 Å². The molecule has 0 aliphatic heterocycles. The van der Waals surface area contributed by atoms with Gasteiger partial charge < -0.3 is 11.1 Å². The summed E-state index contributed by atoms with van der Waals surface area (Å²) in [5, 5.41) is 4.80. The Morgan fingerprint density at radius 1 is 1.53 bits per heavy atom. The predicted octanol–water partition coefficient (Wildman–Crippen LogP) is 2.47. The van der Waals surface area contributed by atoms with Gasteiger partial charge in [0.1, 0.15) is 0 Å². The van der Waals surface area contributed by atoms with Crippen LogP contribution >= 0.6 is 11.3 Å². The summed E-state index contributed by atoms with van der Waals surface area (Å²) < 4.78 is 0. The Hall–Kier alpha value is -1.31. The normalized spacial score (nSPS) is 12.5. The zero-order chi connectivity index (χ0) is 14.5. The van der Waals surface area contributed by atoms with Crippen molar-refractivity contribution >= 4 is 17.2 Å². The van der Waals surface area contributed by atoms with Gasteiger partial charge in [-0.15, -0.1) is 11.3 Å². The second-order valence-electron chi connectivity index (χ2n) is 5.68. The van der Waals surface area contributed by atoms with E-state index in [1.807, 2.05) is 11.4 Å². The molecule has 1 amide bonds. The van der Waals surface area contributed by atoms with Crippen LogP contribution in [0, 0.1) is 23.2 Å². The van der Waals surface area contributed by atoms with Crippen molar-refractivity contribution in [2.24, 2.45) is 17.1 Å². The monoisotopic (exact) mass is 278 g/mol. The van der Waals surface area contributed by atoms with E-state index in [0.717, 1.165) is 4.88 Å². The van der Waals surface area contributed by atoms with Crippen LogP contribution in [0.2, 0.25) is 0 Å². The molecule has 0 saturated carbocycles. The standard InChI is InChI=1S/C15H22N2OS/c1-11(15(2,3)4)9-17-14(18)12-8-13(19-10-12)6-5-7-16/h8,10-11H,7,9,16H2,1-4H3,(H,17,18). The summed E-state index contributed by atoms with van der Waals surface area (Å²) in [6, 6.07) is 1.81. The minimum absolute atomic E-state index is 0.0341. The van der Waals surface area contributed by atoms with Crippen LogP contribution in [0.25, 0.3) is 0 Å². The van der Waals surface area contributed by atoms with Crippen molar-refractivity contribution in [3.63, 3.8) is 0 Å². The van der Waals surface area contributed by atoms with E-state index in [2.05, 4.69) is 44.9 Å². The van der Waals surface area contributed by atoms with Gasteiger partial charge in [0.05, 0.1) is 17.0 Å². The van der Waals surface area contributed by atoms with Gasteiger partial charge in [0.25, 0.3) is 5.91 Å². The lowest BCUT2D eigenvalue weighted by Crippen LogP contribution is -2.33. The van der Waals surface area contributed by atoms with Crippen LogP contribution in [0.5, 0.6) is 0 Å². The lowest BCUT2D eigenvalue weighted by Gasteiger charge is -2.27. The third-order valence-corrected chi connectivity index (χ3v) is 4.07. The summed E-state index contributed by atoms with van der Waals surface area (Å²) in [4.78, 5) is 12.9. The van der Waals surface area contributed by atoms with Crippen molar-refractivity contribution in [3.8, 4) is 11.8 Å². The first-order valence-corrected chi connectivity index (χ1v) is 7.28. The quantitative estimate of drug-likeness (QED) is 0.835. The van der Waals surface area contributed by atoms with Crippen molar-refractivity contribution < 1.29 is 4.79 Å². The Balaban J connectivity index is 2.57. The van der Waals surface area contributed by atoms with Crippen LogP contribution in [0.4, 0.5) is 0 Å². The van der Waals surface area contributed by atoms with Crippen molar-refractivity contribution in [2.75, 3.05) is 13.1 Å². The second-order valence-corrected chi connectivity index (χ2v) is 6.59. The average Bonchev–Trinajstić information content (AvgIpc) is 2.80. The molecule has 3 N–H and O–H groups in total. The highest BCUT2D eigenvalue weighted by molar-refractivity contribution is 7.10. The van der Waals surface area contributed by atoms with Crippen molar-refractivity contribution in [2.45, 2.75) is 27.7 Å². The molecule has 1 heterocycles. The van der Waals surface area contributed by atoms with Crippen LogP contribution in [-0.2, 0) is 0 Å². The SMILES string of the molecule is CC(CNC(=O)c1csc(C#CCN)c1)C(C)(C)C. The first kappa shape index (κ1) is 15.7. The van der Waals surface area contributed by atoms with Crippen LogP contribution < -0.4 is 11.1 Å². The van der Waals surface area contributed by atoms with E-state index in [1.54, 1.807) is 0 Å². The van der Waals surface area contributed by atoms with Crippen LogP contribution in [0.3, 0.4) is 0 Å². The molecule has 0 spiro atoms. The number of carbonyl (C=O) groups excluding carboxylic acids is 1. The summed E-state index contributed by atoms with van der Waals surface area (Å²) in [6.45, 7) is 9.69.